The van der Waals surface area contributed by atoms with Crippen LogP contribution >= 0.6 is 0 Å². The molecule has 0 saturated heterocycles. The summed E-state index contributed by atoms with van der Waals surface area (Å²) in [6.45, 7) is 1.96. The smallest absolute Gasteiger partial charge is 0.132 e. The van der Waals surface area contributed by atoms with E-state index in [1.165, 1.54) is 10.8 Å². The Morgan fingerprint density at radius 3 is 2.35 bits per heavy atom. The van der Waals surface area contributed by atoms with E-state index in [0.717, 1.165) is 17.1 Å². The summed E-state index contributed by atoms with van der Waals surface area (Å²) in [5.41, 5.74) is 6.99. The minimum absolute atomic E-state index is 0.0494. The zero-order valence-electron chi connectivity index (χ0n) is 11.4. The van der Waals surface area contributed by atoms with Gasteiger partial charge >= 0.3 is 0 Å². The van der Waals surface area contributed by atoms with Gasteiger partial charge in [-0.2, -0.15) is 0 Å². The minimum Gasteiger partial charge on any atom is -0.457 e. The van der Waals surface area contributed by atoms with Crippen molar-refractivity contribution in [3.8, 4) is 11.5 Å². The van der Waals surface area contributed by atoms with Crippen molar-refractivity contribution in [3.63, 3.8) is 0 Å². The Hall–Kier alpha value is -2.32. The Morgan fingerprint density at radius 1 is 0.850 bits per heavy atom. The second-order valence-electron chi connectivity index (χ2n) is 4.94. The number of fused-ring (bicyclic) bond motifs is 1. The van der Waals surface area contributed by atoms with E-state index < -0.39 is 0 Å². The molecule has 100 valence electrons. The highest BCUT2D eigenvalue weighted by Gasteiger charge is 2.08. The zero-order valence-corrected chi connectivity index (χ0v) is 11.4. The van der Waals surface area contributed by atoms with Crippen LogP contribution in [0.1, 0.15) is 18.5 Å². The molecule has 0 aliphatic rings. The van der Waals surface area contributed by atoms with Crippen LogP contribution in [0.15, 0.2) is 66.7 Å². The second-order valence-corrected chi connectivity index (χ2v) is 4.94. The van der Waals surface area contributed by atoms with Crippen molar-refractivity contribution in [1.29, 1.82) is 0 Å². The lowest BCUT2D eigenvalue weighted by molar-refractivity contribution is 0.473. The number of ether oxygens (including phenoxy) is 1. The van der Waals surface area contributed by atoms with Crippen LogP contribution in [0.4, 0.5) is 0 Å². The molecule has 0 amide bonds. The van der Waals surface area contributed by atoms with Crippen LogP contribution in [0, 0.1) is 0 Å². The number of para-hydroxylation sites is 1. The highest BCUT2D eigenvalue weighted by molar-refractivity contribution is 5.83. The Morgan fingerprint density at radius 2 is 1.55 bits per heavy atom. The van der Waals surface area contributed by atoms with Crippen molar-refractivity contribution in [2.75, 3.05) is 0 Å². The highest BCUT2D eigenvalue weighted by atomic mass is 16.5. The molecule has 0 fully saturated rings. The lowest BCUT2D eigenvalue weighted by Gasteiger charge is -2.13. The maximum atomic E-state index is 6.00. The normalized spacial score (nSPS) is 12.3. The summed E-state index contributed by atoms with van der Waals surface area (Å²) in [5.74, 6) is 1.65. The van der Waals surface area contributed by atoms with Gasteiger partial charge in [0.25, 0.3) is 0 Å². The van der Waals surface area contributed by atoms with E-state index in [4.69, 9.17) is 10.5 Å². The van der Waals surface area contributed by atoms with Crippen molar-refractivity contribution in [2.24, 2.45) is 5.73 Å². The average Bonchev–Trinajstić information content (AvgIpc) is 2.47. The molecular weight excluding hydrogens is 246 g/mol. The first-order chi connectivity index (χ1) is 9.74. The maximum absolute atomic E-state index is 6.00. The lowest BCUT2D eigenvalue weighted by Crippen LogP contribution is -2.06. The van der Waals surface area contributed by atoms with Crippen LogP contribution in [0.5, 0.6) is 11.5 Å². The first-order valence-electron chi connectivity index (χ1n) is 6.75. The van der Waals surface area contributed by atoms with Crippen molar-refractivity contribution < 1.29 is 4.74 Å². The fraction of sp³-hybridized carbons (Fsp3) is 0.111. The fourth-order valence-electron chi connectivity index (χ4n) is 2.31. The van der Waals surface area contributed by atoms with Crippen LogP contribution < -0.4 is 10.5 Å². The molecule has 3 aromatic rings. The summed E-state index contributed by atoms with van der Waals surface area (Å²) >= 11 is 0. The molecule has 0 aromatic heterocycles. The zero-order chi connectivity index (χ0) is 13.9. The van der Waals surface area contributed by atoms with Gasteiger partial charge in [0, 0.05) is 11.6 Å². The molecule has 2 N–H and O–H groups in total. The Balaban J connectivity index is 1.97. The first kappa shape index (κ1) is 12.7. The van der Waals surface area contributed by atoms with Crippen LogP contribution in [-0.4, -0.2) is 0 Å². The monoisotopic (exact) mass is 263 g/mol. The summed E-state index contributed by atoms with van der Waals surface area (Å²) in [7, 11) is 0. The van der Waals surface area contributed by atoms with E-state index in [2.05, 4.69) is 18.2 Å². The Kier molecular flexibility index (Phi) is 3.40. The van der Waals surface area contributed by atoms with E-state index in [1.54, 1.807) is 0 Å². The fourth-order valence-corrected chi connectivity index (χ4v) is 2.31. The van der Waals surface area contributed by atoms with Gasteiger partial charge in [-0.15, -0.1) is 0 Å². The van der Waals surface area contributed by atoms with Crippen LogP contribution in [0.25, 0.3) is 10.8 Å². The minimum atomic E-state index is -0.0494. The number of hydrogen-bond acceptors (Lipinski definition) is 2. The van der Waals surface area contributed by atoms with Crippen molar-refractivity contribution >= 4 is 10.8 Å². The number of nitrogens with two attached hydrogens (primary N) is 1. The molecule has 0 saturated carbocycles. The maximum Gasteiger partial charge on any atom is 0.132 e. The highest BCUT2D eigenvalue weighted by Crippen LogP contribution is 2.30. The van der Waals surface area contributed by atoms with E-state index in [0.29, 0.717) is 0 Å². The van der Waals surface area contributed by atoms with E-state index in [-0.39, 0.29) is 6.04 Å². The molecule has 20 heavy (non-hydrogen) atoms. The molecule has 0 spiro atoms. The van der Waals surface area contributed by atoms with Crippen LogP contribution in [-0.2, 0) is 0 Å². The van der Waals surface area contributed by atoms with Gasteiger partial charge in [0.05, 0.1) is 0 Å². The average molecular weight is 263 g/mol. The van der Waals surface area contributed by atoms with Gasteiger partial charge in [0.2, 0.25) is 0 Å². The summed E-state index contributed by atoms with van der Waals surface area (Å²) < 4.78 is 6.00. The first-order valence-corrected chi connectivity index (χ1v) is 6.75. The summed E-state index contributed by atoms with van der Waals surface area (Å²) in [4.78, 5) is 0. The lowest BCUT2D eigenvalue weighted by atomic mass is 10.1. The SMILES string of the molecule is C[C@H](N)c1ccccc1Oc1ccc2ccccc2c1. The second kappa shape index (κ2) is 5.35. The molecule has 0 aliphatic heterocycles. The van der Waals surface area contributed by atoms with Gasteiger partial charge in [0.1, 0.15) is 11.5 Å². The van der Waals surface area contributed by atoms with Gasteiger partial charge in [-0.25, -0.2) is 0 Å². The van der Waals surface area contributed by atoms with E-state index in [9.17, 15) is 0 Å². The number of benzene rings is 3. The third-order valence-electron chi connectivity index (χ3n) is 3.36. The molecule has 0 bridgehead atoms. The van der Waals surface area contributed by atoms with Gasteiger partial charge in [-0.1, -0.05) is 48.5 Å². The summed E-state index contributed by atoms with van der Waals surface area (Å²) in [6, 6.07) is 22.2. The molecular formula is C18H17NO. The Labute approximate surface area is 118 Å². The molecule has 0 radical (unpaired) electrons. The summed E-state index contributed by atoms with van der Waals surface area (Å²) in [5, 5.41) is 2.38. The standard InChI is InChI=1S/C18H17NO/c1-13(19)17-8-4-5-9-18(17)20-16-11-10-14-6-2-3-7-15(14)12-16/h2-13H,19H2,1H3/t13-/m0/s1. The molecule has 0 unspecified atom stereocenters. The van der Waals surface area contributed by atoms with Gasteiger partial charge in [0.15, 0.2) is 0 Å². The predicted octanol–water partition coefficient (Wildman–Crippen LogP) is 4.65. The van der Waals surface area contributed by atoms with Crippen molar-refractivity contribution in [1.82, 2.24) is 0 Å². The van der Waals surface area contributed by atoms with Gasteiger partial charge in [-0.05, 0) is 35.9 Å². The van der Waals surface area contributed by atoms with E-state index in [1.807, 2.05) is 55.5 Å². The topological polar surface area (TPSA) is 35.2 Å². The third-order valence-corrected chi connectivity index (χ3v) is 3.36. The largest absolute Gasteiger partial charge is 0.457 e. The molecule has 1 atom stereocenters. The third kappa shape index (κ3) is 2.51. The quantitative estimate of drug-likeness (QED) is 0.746. The van der Waals surface area contributed by atoms with Crippen molar-refractivity contribution in [2.45, 2.75) is 13.0 Å². The Bertz CT molecular complexity index is 734. The summed E-state index contributed by atoms with van der Waals surface area (Å²) in [6.07, 6.45) is 0. The van der Waals surface area contributed by atoms with Crippen molar-refractivity contribution in [3.05, 3.63) is 72.3 Å². The molecule has 2 heteroatoms. The predicted molar refractivity (Wildman–Crippen MR) is 83.1 cm³/mol. The number of rotatable bonds is 3. The van der Waals surface area contributed by atoms with Crippen LogP contribution in [0.3, 0.4) is 0 Å². The molecule has 0 heterocycles. The van der Waals surface area contributed by atoms with Gasteiger partial charge in [-0.3, -0.25) is 0 Å². The van der Waals surface area contributed by atoms with Crippen LogP contribution in [0.2, 0.25) is 0 Å². The van der Waals surface area contributed by atoms with E-state index >= 15 is 0 Å². The molecule has 3 aromatic carbocycles. The number of hydrogen-bond donors (Lipinski definition) is 1. The molecule has 3 rings (SSSR count). The van der Waals surface area contributed by atoms with Gasteiger partial charge < -0.3 is 10.5 Å². The molecule has 0 aliphatic carbocycles. The molecule has 2 nitrogen and oxygen atoms in total.